The van der Waals surface area contributed by atoms with Crippen molar-refractivity contribution >= 4 is 21.8 Å². The lowest BCUT2D eigenvalue weighted by Crippen LogP contribution is -2.22. The van der Waals surface area contributed by atoms with Gasteiger partial charge >= 0.3 is 0 Å². The van der Waals surface area contributed by atoms with Crippen molar-refractivity contribution in [2.75, 3.05) is 7.11 Å². The molecule has 4 nitrogen and oxygen atoms in total. The molecule has 0 unspecified atom stereocenters. The van der Waals surface area contributed by atoms with Gasteiger partial charge < -0.3 is 15.2 Å². The Morgan fingerprint density at radius 1 is 1.19 bits per heavy atom. The van der Waals surface area contributed by atoms with E-state index in [-0.39, 0.29) is 12.5 Å². The average Bonchev–Trinajstić information content (AvgIpc) is 2.53. The van der Waals surface area contributed by atoms with Crippen LogP contribution in [0.1, 0.15) is 21.5 Å². The molecule has 0 bridgehead atoms. The van der Waals surface area contributed by atoms with E-state index < -0.39 is 0 Å². The third-order valence-electron chi connectivity index (χ3n) is 3.07. The highest BCUT2D eigenvalue weighted by molar-refractivity contribution is 9.10. The zero-order chi connectivity index (χ0) is 15.2. The molecule has 2 N–H and O–H groups in total. The topological polar surface area (TPSA) is 58.6 Å². The first-order valence-corrected chi connectivity index (χ1v) is 7.23. The molecule has 1 amide bonds. The van der Waals surface area contributed by atoms with E-state index in [0.29, 0.717) is 17.9 Å². The third kappa shape index (κ3) is 4.06. The molecular weight excluding hydrogens is 334 g/mol. The number of carbonyl (C=O) groups is 1. The van der Waals surface area contributed by atoms with Crippen LogP contribution in [0.25, 0.3) is 0 Å². The second-order valence-electron chi connectivity index (χ2n) is 4.51. The molecule has 2 aromatic rings. The van der Waals surface area contributed by atoms with Gasteiger partial charge in [-0.05, 0) is 45.3 Å². The number of amides is 1. The third-order valence-corrected chi connectivity index (χ3v) is 3.69. The fourth-order valence-corrected chi connectivity index (χ4v) is 2.40. The van der Waals surface area contributed by atoms with E-state index in [4.69, 9.17) is 9.84 Å². The number of halogens is 1. The Morgan fingerprint density at radius 2 is 1.86 bits per heavy atom. The van der Waals surface area contributed by atoms with Gasteiger partial charge in [-0.1, -0.05) is 24.3 Å². The number of hydrogen-bond acceptors (Lipinski definition) is 3. The summed E-state index contributed by atoms with van der Waals surface area (Å²) in [6, 6.07) is 12.6. The molecule has 110 valence electrons. The van der Waals surface area contributed by atoms with Gasteiger partial charge in [0.2, 0.25) is 0 Å². The maximum Gasteiger partial charge on any atom is 0.251 e. The second-order valence-corrected chi connectivity index (χ2v) is 5.36. The fourth-order valence-electron chi connectivity index (χ4n) is 1.85. The first-order chi connectivity index (χ1) is 10.1. The highest BCUT2D eigenvalue weighted by atomic mass is 79.9. The maximum absolute atomic E-state index is 12.1. The van der Waals surface area contributed by atoms with Crippen molar-refractivity contribution in [1.82, 2.24) is 5.32 Å². The molecule has 0 heterocycles. The van der Waals surface area contributed by atoms with Crippen molar-refractivity contribution in [2.45, 2.75) is 13.2 Å². The first-order valence-electron chi connectivity index (χ1n) is 6.44. The Labute approximate surface area is 131 Å². The van der Waals surface area contributed by atoms with Gasteiger partial charge in [-0.3, -0.25) is 4.79 Å². The Morgan fingerprint density at radius 3 is 2.43 bits per heavy atom. The lowest BCUT2D eigenvalue weighted by atomic mass is 10.1. The van der Waals surface area contributed by atoms with Crippen molar-refractivity contribution in [1.29, 1.82) is 0 Å². The maximum atomic E-state index is 12.1. The molecule has 0 aliphatic rings. The van der Waals surface area contributed by atoms with Crippen LogP contribution < -0.4 is 10.1 Å². The molecule has 0 atom stereocenters. The Kier molecular flexibility index (Phi) is 5.36. The SMILES string of the molecule is COc1ccc(C(=O)NCc2ccc(CO)cc2)cc1Br. The molecule has 0 fully saturated rings. The zero-order valence-corrected chi connectivity index (χ0v) is 13.2. The summed E-state index contributed by atoms with van der Waals surface area (Å²) < 4.78 is 5.87. The predicted octanol–water partition coefficient (Wildman–Crippen LogP) is 2.88. The van der Waals surface area contributed by atoms with Crippen LogP contribution in [0.2, 0.25) is 0 Å². The molecule has 2 aromatic carbocycles. The molecular formula is C16H16BrNO3. The second kappa shape index (κ2) is 7.24. The summed E-state index contributed by atoms with van der Waals surface area (Å²) in [7, 11) is 1.58. The van der Waals surface area contributed by atoms with E-state index in [0.717, 1.165) is 15.6 Å². The summed E-state index contributed by atoms with van der Waals surface area (Å²) in [6.45, 7) is 0.459. The van der Waals surface area contributed by atoms with Gasteiger partial charge in [-0.2, -0.15) is 0 Å². The predicted molar refractivity (Wildman–Crippen MR) is 84.2 cm³/mol. The van der Waals surface area contributed by atoms with Crippen LogP contribution in [0.4, 0.5) is 0 Å². The van der Waals surface area contributed by atoms with E-state index in [1.54, 1.807) is 25.3 Å². The van der Waals surface area contributed by atoms with Crippen LogP contribution in [0.15, 0.2) is 46.9 Å². The lowest BCUT2D eigenvalue weighted by Gasteiger charge is -2.08. The summed E-state index contributed by atoms with van der Waals surface area (Å²) in [6.07, 6.45) is 0. The fraction of sp³-hybridized carbons (Fsp3) is 0.188. The molecule has 0 spiro atoms. The monoisotopic (exact) mass is 349 g/mol. The van der Waals surface area contributed by atoms with Crippen LogP contribution in [-0.4, -0.2) is 18.1 Å². The number of aliphatic hydroxyl groups excluding tert-OH is 1. The molecule has 0 aliphatic carbocycles. The largest absolute Gasteiger partial charge is 0.496 e. The van der Waals surface area contributed by atoms with Crippen LogP contribution in [0.5, 0.6) is 5.75 Å². The molecule has 0 aromatic heterocycles. The Hall–Kier alpha value is -1.85. The summed E-state index contributed by atoms with van der Waals surface area (Å²) in [4.78, 5) is 12.1. The quantitative estimate of drug-likeness (QED) is 0.872. The van der Waals surface area contributed by atoms with Gasteiger partial charge in [-0.15, -0.1) is 0 Å². The smallest absolute Gasteiger partial charge is 0.251 e. The van der Waals surface area contributed by atoms with Gasteiger partial charge in [0.05, 0.1) is 18.2 Å². The molecule has 2 rings (SSSR count). The average molecular weight is 350 g/mol. The summed E-state index contributed by atoms with van der Waals surface area (Å²) in [5.74, 6) is 0.538. The summed E-state index contributed by atoms with van der Waals surface area (Å²) in [5.41, 5.74) is 2.40. The van der Waals surface area contributed by atoms with Crippen LogP contribution in [0.3, 0.4) is 0 Å². The van der Waals surface area contributed by atoms with Crippen molar-refractivity contribution in [3.8, 4) is 5.75 Å². The molecule has 0 saturated carbocycles. The minimum atomic E-state index is -0.149. The first kappa shape index (κ1) is 15.5. The normalized spacial score (nSPS) is 10.2. The van der Waals surface area contributed by atoms with Gasteiger partial charge in [-0.25, -0.2) is 0 Å². The Bertz CT molecular complexity index is 626. The molecule has 0 saturated heterocycles. The van der Waals surface area contributed by atoms with Crippen molar-refractivity contribution in [3.05, 3.63) is 63.6 Å². The van der Waals surface area contributed by atoms with E-state index in [9.17, 15) is 4.79 Å². The van der Waals surface area contributed by atoms with Gasteiger partial charge in [0.1, 0.15) is 5.75 Å². The number of aliphatic hydroxyl groups is 1. The molecule has 0 radical (unpaired) electrons. The number of nitrogens with one attached hydrogen (secondary N) is 1. The van der Waals surface area contributed by atoms with E-state index in [1.165, 1.54) is 0 Å². The lowest BCUT2D eigenvalue weighted by molar-refractivity contribution is 0.0951. The minimum Gasteiger partial charge on any atom is -0.496 e. The molecule has 5 heteroatoms. The van der Waals surface area contributed by atoms with Crippen molar-refractivity contribution in [3.63, 3.8) is 0 Å². The number of carbonyl (C=O) groups excluding carboxylic acids is 1. The van der Waals surface area contributed by atoms with Gasteiger partial charge in [0.15, 0.2) is 0 Å². The molecule has 21 heavy (non-hydrogen) atoms. The number of methoxy groups -OCH3 is 1. The standard InChI is InChI=1S/C16H16BrNO3/c1-21-15-7-6-13(8-14(15)17)16(20)18-9-11-2-4-12(10-19)5-3-11/h2-8,19H,9-10H2,1H3,(H,18,20). The van der Waals surface area contributed by atoms with E-state index in [1.807, 2.05) is 24.3 Å². The van der Waals surface area contributed by atoms with E-state index >= 15 is 0 Å². The van der Waals surface area contributed by atoms with Crippen LogP contribution in [0, 0.1) is 0 Å². The van der Waals surface area contributed by atoms with Crippen LogP contribution >= 0.6 is 15.9 Å². The van der Waals surface area contributed by atoms with E-state index in [2.05, 4.69) is 21.2 Å². The minimum absolute atomic E-state index is 0.0204. The van der Waals surface area contributed by atoms with Gasteiger partial charge in [0, 0.05) is 12.1 Å². The number of hydrogen-bond donors (Lipinski definition) is 2. The summed E-state index contributed by atoms with van der Waals surface area (Å²) >= 11 is 3.36. The molecule has 0 aliphatic heterocycles. The van der Waals surface area contributed by atoms with Crippen molar-refractivity contribution in [2.24, 2.45) is 0 Å². The van der Waals surface area contributed by atoms with Crippen molar-refractivity contribution < 1.29 is 14.6 Å². The number of ether oxygens (including phenoxy) is 1. The van der Waals surface area contributed by atoms with Crippen LogP contribution in [-0.2, 0) is 13.2 Å². The Balaban J connectivity index is 1.99. The zero-order valence-electron chi connectivity index (χ0n) is 11.6. The highest BCUT2D eigenvalue weighted by Gasteiger charge is 2.08. The number of benzene rings is 2. The number of rotatable bonds is 5. The highest BCUT2D eigenvalue weighted by Crippen LogP contribution is 2.25. The summed E-state index contributed by atoms with van der Waals surface area (Å²) in [5, 5.41) is 11.8. The van der Waals surface area contributed by atoms with Gasteiger partial charge in [0.25, 0.3) is 5.91 Å².